The number of ether oxygens (including phenoxy) is 2. The van der Waals surface area contributed by atoms with Crippen LogP contribution in [-0.4, -0.2) is 36.4 Å². The van der Waals surface area contributed by atoms with Crippen molar-refractivity contribution in [3.63, 3.8) is 0 Å². The molecular formula is C17H20N2O5. The van der Waals surface area contributed by atoms with Crippen LogP contribution >= 0.6 is 0 Å². The molecule has 1 aromatic rings. The number of hydrogen-bond acceptors (Lipinski definition) is 5. The molecule has 0 radical (unpaired) electrons. The fraction of sp³-hybridized carbons (Fsp3) is 0.412. The quantitative estimate of drug-likeness (QED) is 0.730. The number of urea groups is 1. The van der Waals surface area contributed by atoms with E-state index in [0.717, 1.165) is 12.8 Å². The highest BCUT2D eigenvalue weighted by molar-refractivity contribution is 5.95. The molecule has 7 heteroatoms. The third-order valence-electron chi connectivity index (χ3n) is 4.14. The Morgan fingerprint density at radius 1 is 1.38 bits per heavy atom. The highest BCUT2D eigenvalue weighted by Gasteiger charge is 2.32. The zero-order valence-corrected chi connectivity index (χ0v) is 13.4. The highest BCUT2D eigenvalue weighted by Crippen LogP contribution is 2.28. The van der Waals surface area contributed by atoms with Crippen LogP contribution in [0.1, 0.15) is 31.4 Å². The summed E-state index contributed by atoms with van der Waals surface area (Å²) in [5.74, 6) is -0.379. The van der Waals surface area contributed by atoms with Gasteiger partial charge in [0, 0.05) is 12.3 Å². The van der Waals surface area contributed by atoms with Gasteiger partial charge in [0.25, 0.3) is 0 Å². The predicted molar refractivity (Wildman–Crippen MR) is 85.1 cm³/mol. The molecule has 0 aromatic heterocycles. The van der Waals surface area contributed by atoms with Gasteiger partial charge in [0.2, 0.25) is 0 Å². The van der Waals surface area contributed by atoms with Crippen LogP contribution in [0, 0.1) is 0 Å². The van der Waals surface area contributed by atoms with Crippen LogP contribution in [0.4, 0.5) is 4.79 Å². The van der Waals surface area contributed by atoms with E-state index >= 15 is 0 Å². The molecule has 1 fully saturated rings. The van der Waals surface area contributed by atoms with Crippen molar-refractivity contribution < 1.29 is 24.2 Å². The van der Waals surface area contributed by atoms with Crippen LogP contribution in [0.25, 0.3) is 0 Å². The molecule has 7 nitrogen and oxygen atoms in total. The van der Waals surface area contributed by atoms with E-state index in [0.29, 0.717) is 23.4 Å². The second-order valence-electron chi connectivity index (χ2n) is 5.90. The molecule has 3 rings (SSSR count). The molecule has 0 spiro atoms. The molecule has 2 aliphatic heterocycles. The van der Waals surface area contributed by atoms with Crippen LogP contribution in [0.15, 0.2) is 35.5 Å². The van der Waals surface area contributed by atoms with Crippen LogP contribution in [0.3, 0.4) is 0 Å². The zero-order valence-electron chi connectivity index (χ0n) is 13.4. The standard InChI is InChI=1S/C17H20N2O5/c1-10-14(16(21)24-9-13-3-2-8-23-13)15(19-17(22)18-10)11-4-6-12(20)7-5-11/h4-7,13,15,20H,2-3,8-9H2,1H3,(H2,18,19,22)/t13-,15+/m0/s1. The topological polar surface area (TPSA) is 96.9 Å². The Labute approximate surface area is 139 Å². The Bertz CT molecular complexity index is 662. The summed E-state index contributed by atoms with van der Waals surface area (Å²) in [4.78, 5) is 24.3. The number of phenols is 1. The maximum atomic E-state index is 12.5. The van der Waals surface area contributed by atoms with Crippen LogP contribution in [0.2, 0.25) is 0 Å². The number of amides is 2. The molecule has 2 amide bonds. The van der Waals surface area contributed by atoms with E-state index in [1.54, 1.807) is 19.1 Å². The monoisotopic (exact) mass is 332 g/mol. The second-order valence-corrected chi connectivity index (χ2v) is 5.90. The zero-order chi connectivity index (χ0) is 17.1. The molecule has 3 N–H and O–H groups in total. The minimum atomic E-state index is -0.628. The predicted octanol–water partition coefficient (Wildman–Crippen LogP) is 1.74. The Balaban J connectivity index is 1.80. The SMILES string of the molecule is CC1=C(C(=O)OC[C@@H]2CCCO2)[C@@H](c2ccc(O)cc2)NC(=O)N1. The first-order valence-corrected chi connectivity index (χ1v) is 7.90. The third-order valence-corrected chi connectivity index (χ3v) is 4.14. The summed E-state index contributed by atoms with van der Waals surface area (Å²) in [5.41, 5.74) is 1.48. The minimum absolute atomic E-state index is 0.0619. The number of benzene rings is 1. The van der Waals surface area contributed by atoms with Crippen molar-refractivity contribution in [1.29, 1.82) is 0 Å². The Hall–Kier alpha value is -2.54. The molecule has 24 heavy (non-hydrogen) atoms. The van der Waals surface area contributed by atoms with Crippen molar-refractivity contribution in [3.8, 4) is 5.75 Å². The van der Waals surface area contributed by atoms with E-state index in [1.807, 2.05) is 0 Å². The number of rotatable bonds is 4. The van der Waals surface area contributed by atoms with Gasteiger partial charge < -0.3 is 25.2 Å². The third kappa shape index (κ3) is 3.51. The van der Waals surface area contributed by atoms with Crippen molar-refractivity contribution in [3.05, 3.63) is 41.1 Å². The maximum absolute atomic E-state index is 12.5. The van der Waals surface area contributed by atoms with Crippen LogP contribution < -0.4 is 10.6 Å². The van der Waals surface area contributed by atoms with Gasteiger partial charge in [0.15, 0.2) is 0 Å². The molecule has 1 saturated heterocycles. The fourth-order valence-electron chi connectivity index (χ4n) is 2.90. The smallest absolute Gasteiger partial charge is 0.338 e. The minimum Gasteiger partial charge on any atom is -0.508 e. The Morgan fingerprint density at radius 2 is 2.12 bits per heavy atom. The lowest BCUT2D eigenvalue weighted by atomic mass is 9.95. The van der Waals surface area contributed by atoms with Crippen LogP contribution in [-0.2, 0) is 14.3 Å². The number of hydrogen-bond donors (Lipinski definition) is 3. The lowest BCUT2D eigenvalue weighted by Crippen LogP contribution is -2.45. The highest BCUT2D eigenvalue weighted by atomic mass is 16.6. The van der Waals surface area contributed by atoms with E-state index in [4.69, 9.17) is 9.47 Å². The molecule has 0 bridgehead atoms. The summed E-state index contributed by atoms with van der Waals surface area (Å²) in [6.07, 6.45) is 1.78. The number of phenolic OH excluding ortho intramolecular Hbond substituents is 1. The van der Waals surface area contributed by atoms with E-state index in [9.17, 15) is 14.7 Å². The summed E-state index contributed by atoms with van der Waals surface area (Å²) in [6.45, 7) is 2.55. The lowest BCUT2D eigenvalue weighted by molar-refractivity contribution is -0.142. The molecule has 2 aliphatic rings. The number of nitrogens with one attached hydrogen (secondary N) is 2. The van der Waals surface area contributed by atoms with E-state index in [-0.39, 0.29) is 24.5 Å². The number of carbonyl (C=O) groups is 2. The first-order valence-electron chi connectivity index (χ1n) is 7.90. The van der Waals surface area contributed by atoms with E-state index < -0.39 is 12.0 Å². The van der Waals surface area contributed by atoms with E-state index in [2.05, 4.69) is 10.6 Å². The first kappa shape index (κ1) is 16.3. The van der Waals surface area contributed by atoms with E-state index in [1.165, 1.54) is 12.1 Å². The summed E-state index contributed by atoms with van der Waals surface area (Å²) >= 11 is 0. The van der Waals surface area contributed by atoms with Crippen molar-refractivity contribution >= 4 is 12.0 Å². The van der Waals surface area contributed by atoms with Gasteiger partial charge in [0.1, 0.15) is 12.4 Å². The summed E-state index contributed by atoms with van der Waals surface area (Å²) in [5, 5.41) is 14.7. The van der Waals surface area contributed by atoms with Gasteiger partial charge >= 0.3 is 12.0 Å². The fourth-order valence-corrected chi connectivity index (χ4v) is 2.90. The molecule has 0 saturated carbocycles. The average Bonchev–Trinajstić information content (AvgIpc) is 3.06. The van der Waals surface area contributed by atoms with Gasteiger partial charge in [-0.3, -0.25) is 0 Å². The summed E-state index contributed by atoms with van der Waals surface area (Å²) in [7, 11) is 0. The second kappa shape index (κ2) is 6.92. The van der Waals surface area contributed by atoms with Gasteiger partial charge in [-0.05, 0) is 37.5 Å². The van der Waals surface area contributed by atoms with Gasteiger partial charge in [-0.25, -0.2) is 9.59 Å². The number of allylic oxidation sites excluding steroid dienone is 1. The molecular weight excluding hydrogens is 312 g/mol. The molecule has 2 heterocycles. The first-order chi connectivity index (χ1) is 11.5. The number of carbonyl (C=O) groups excluding carboxylic acids is 2. The molecule has 0 unspecified atom stereocenters. The van der Waals surface area contributed by atoms with Crippen molar-refractivity contribution in [2.45, 2.75) is 31.9 Å². The van der Waals surface area contributed by atoms with Crippen molar-refractivity contribution in [2.24, 2.45) is 0 Å². The van der Waals surface area contributed by atoms with Gasteiger partial charge in [-0.1, -0.05) is 12.1 Å². The van der Waals surface area contributed by atoms with Gasteiger partial charge in [0.05, 0.1) is 17.7 Å². The van der Waals surface area contributed by atoms with Crippen LogP contribution in [0.5, 0.6) is 5.75 Å². The summed E-state index contributed by atoms with van der Waals surface area (Å²) < 4.78 is 10.8. The summed E-state index contributed by atoms with van der Waals surface area (Å²) in [6, 6.07) is 5.32. The molecule has 2 atom stereocenters. The normalized spacial score (nSPS) is 23.6. The van der Waals surface area contributed by atoms with Gasteiger partial charge in [-0.15, -0.1) is 0 Å². The largest absolute Gasteiger partial charge is 0.508 e. The number of esters is 1. The molecule has 128 valence electrons. The van der Waals surface area contributed by atoms with Crippen molar-refractivity contribution in [2.75, 3.05) is 13.2 Å². The lowest BCUT2D eigenvalue weighted by Gasteiger charge is -2.28. The van der Waals surface area contributed by atoms with Crippen molar-refractivity contribution in [1.82, 2.24) is 10.6 Å². The Kier molecular flexibility index (Phi) is 4.71. The van der Waals surface area contributed by atoms with Gasteiger partial charge in [-0.2, -0.15) is 0 Å². The maximum Gasteiger partial charge on any atom is 0.338 e. The number of aromatic hydroxyl groups is 1. The Morgan fingerprint density at radius 3 is 2.79 bits per heavy atom. The molecule has 0 aliphatic carbocycles. The molecule has 1 aromatic carbocycles. The average molecular weight is 332 g/mol.